The van der Waals surface area contributed by atoms with Crippen molar-refractivity contribution in [2.45, 2.75) is 51.2 Å². The largest absolute Gasteiger partial charge is 0.389 e. The number of benzene rings is 2. The van der Waals surface area contributed by atoms with Gasteiger partial charge in [-0.2, -0.15) is 0 Å². The second-order valence-electron chi connectivity index (χ2n) is 7.45. The van der Waals surface area contributed by atoms with E-state index in [0.717, 1.165) is 24.8 Å². The molecule has 2 atom stereocenters. The smallest absolute Gasteiger partial charge is 0.0917 e. The summed E-state index contributed by atoms with van der Waals surface area (Å²) in [7, 11) is -0.853. The predicted molar refractivity (Wildman–Crippen MR) is 117 cm³/mol. The molecule has 31 heavy (non-hydrogen) atoms. The normalized spacial score (nSPS) is 20.3. The fraction of sp³-hybridized carbons (Fsp3) is 0.417. The Morgan fingerprint density at radius 2 is 1.35 bits per heavy atom. The van der Waals surface area contributed by atoms with E-state index in [-0.39, 0.29) is 104 Å². The summed E-state index contributed by atoms with van der Waals surface area (Å²) in [4.78, 5) is 0. The van der Waals surface area contributed by atoms with E-state index in [1.807, 2.05) is 18.2 Å². The van der Waals surface area contributed by atoms with Crippen molar-refractivity contribution in [3.05, 3.63) is 72.3 Å². The second-order valence-corrected chi connectivity index (χ2v) is 9.33. The number of rotatable bonds is 8. The maximum absolute atomic E-state index is 10.4. The standard InChI is InChI=1S/C24H31O3P.3Y/c1-2-3-14-22-23(25)17-19(18-24(22)26)15-16-27-28(20-10-6-4-7-11-20)21-12-8-5-9-13-21;;;/h4-14,19,23-26H,2-3,15-18H2,1H3;;;/t19?,23-,24-;;;/m1.../s1. The van der Waals surface area contributed by atoms with Crippen molar-refractivity contribution in [2.24, 2.45) is 5.92 Å². The number of aliphatic hydroxyl groups is 2. The molecule has 0 aliphatic heterocycles. The van der Waals surface area contributed by atoms with Crippen LogP contribution in [0.15, 0.2) is 72.3 Å². The van der Waals surface area contributed by atoms with E-state index < -0.39 is 20.4 Å². The Kier molecular flexibility index (Phi) is 19.2. The van der Waals surface area contributed by atoms with E-state index >= 15 is 0 Å². The molecular formula is C24H31O3PY3. The Labute approximate surface area is 264 Å². The molecule has 3 rings (SSSR count). The third kappa shape index (κ3) is 10.5. The van der Waals surface area contributed by atoms with Gasteiger partial charge in [-0.15, -0.1) is 0 Å². The fourth-order valence-corrected chi connectivity index (χ4v) is 5.55. The van der Waals surface area contributed by atoms with Crippen LogP contribution in [0.2, 0.25) is 0 Å². The number of aliphatic hydroxyl groups excluding tert-OH is 2. The Balaban J connectivity index is 0.00000300. The van der Waals surface area contributed by atoms with Gasteiger partial charge in [-0.3, -0.25) is 0 Å². The molecule has 1 fully saturated rings. The zero-order valence-electron chi connectivity index (χ0n) is 18.3. The molecule has 2 N–H and O–H groups in total. The zero-order chi connectivity index (χ0) is 19.8. The van der Waals surface area contributed by atoms with E-state index in [9.17, 15) is 10.2 Å². The minimum Gasteiger partial charge on any atom is -0.389 e. The summed E-state index contributed by atoms with van der Waals surface area (Å²) in [5.41, 5.74) is 0.815. The van der Waals surface area contributed by atoms with E-state index in [2.05, 4.69) is 55.5 Å². The molecule has 3 radical (unpaired) electrons. The Hall–Kier alpha value is 1.80. The first kappa shape index (κ1) is 32.8. The summed E-state index contributed by atoms with van der Waals surface area (Å²) < 4.78 is 6.37. The van der Waals surface area contributed by atoms with Crippen LogP contribution >= 0.6 is 8.15 Å². The van der Waals surface area contributed by atoms with Crippen molar-refractivity contribution in [3.63, 3.8) is 0 Å². The van der Waals surface area contributed by atoms with Gasteiger partial charge in [0.2, 0.25) is 0 Å². The van der Waals surface area contributed by atoms with Crippen LogP contribution in [0.25, 0.3) is 0 Å². The molecule has 0 saturated heterocycles. The van der Waals surface area contributed by atoms with Gasteiger partial charge in [-0.05, 0) is 37.2 Å². The molecule has 0 heterocycles. The summed E-state index contributed by atoms with van der Waals surface area (Å²) in [5, 5.41) is 23.3. The molecular weight excluding hydrogens is 634 g/mol. The third-order valence-electron chi connectivity index (χ3n) is 5.28. The van der Waals surface area contributed by atoms with E-state index in [1.54, 1.807) is 0 Å². The number of allylic oxidation sites excluding steroid dienone is 1. The topological polar surface area (TPSA) is 49.7 Å². The van der Waals surface area contributed by atoms with Crippen LogP contribution in [0, 0.1) is 5.92 Å². The Morgan fingerprint density at radius 1 is 0.871 bits per heavy atom. The molecule has 3 nitrogen and oxygen atoms in total. The first-order valence-corrected chi connectivity index (χ1v) is 11.5. The molecule has 159 valence electrons. The van der Waals surface area contributed by atoms with Crippen LogP contribution in [0.5, 0.6) is 0 Å². The maximum atomic E-state index is 10.4. The molecule has 0 unspecified atom stereocenters. The molecule has 7 heteroatoms. The zero-order valence-corrected chi connectivity index (χ0v) is 27.7. The van der Waals surface area contributed by atoms with Gasteiger partial charge < -0.3 is 14.7 Å². The van der Waals surface area contributed by atoms with Gasteiger partial charge in [-0.25, -0.2) is 0 Å². The van der Waals surface area contributed by atoms with E-state index in [1.165, 1.54) is 10.6 Å². The molecule has 2 aromatic rings. The van der Waals surface area contributed by atoms with Crippen LogP contribution < -0.4 is 10.6 Å². The van der Waals surface area contributed by atoms with Crippen molar-refractivity contribution >= 4 is 18.8 Å². The first-order chi connectivity index (χ1) is 13.7. The molecule has 0 bridgehead atoms. The van der Waals surface area contributed by atoms with Gasteiger partial charge in [0, 0.05) is 109 Å². The molecule has 0 spiro atoms. The maximum Gasteiger partial charge on any atom is 0.0917 e. The molecule has 1 aliphatic rings. The van der Waals surface area contributed by atoms with Gasteiger partial charge in [0.05, 0.1) is 27.0 Å². The Morgan fingerprint density at radius 3 is 1.81 bits per heavy atom. The van der Waals surface area contributed by atoms with Crippen LogP contribution in [0.1, 0.15) is 39.0 Å². The van der Waals surface area contributed by atoms with Crippen molar-refractivity contribution in [1.82, 2.24) is 0 Å². The number of unbranched alkanes of at least 4 members (excludes halogenated alkanes) is 1. The van der Waals surface area contributed by atoms with E-state index in [0.29, 0.717) is 19.4 Å². The van der Waals surface area contributed by atoms with Gasteiger partial charge in [0.15, 0.2) is 0 Å². The van der Waals surface area contributed by atoms with Crippen LogP contribution in [-0.2, 0) is 103 Å². The average Bonchev–Trinajstić information content (AvgIpc) is 2.72. The second kappa shape index (κ2) is 18.1. The summed E-state index contributed by atoms with van der Waals surface area (Å²) in [6.45, 7) is 2.74. The summed E-state index contributed by atoms with van der Waals surface area (Å²) in [5.74, 6) is 0.284. The molecule has 0 aromatic heterocycles. The van der Waals surface area contributed by atoms with Crippen LogP contribution in [-0.4, -0.2) is 29.0 Å². The fourth-order valence-electron chi connectivity index (χ4n) is 3.78. The minimum absolute atomic E-state index is 0. The average molecular weight is 665 g/mol. The van der Waals surface area contributed by atoms with Crippen molar-refractivity contribution in [1.29, 1.82) is 0 Å². The SMILES string of the molecule is CCCC=C1[C@H](O)CC(CCOP(c2ccccc2)c2ccccc2)C[C@H]1O.[Y].[Y].[Y]. The Bertz CT molecular complexity index is 693. The predicted octanol–water partition coefficient (Wildman–Crippen LogP) is 4.29. The quantitative estimate of drug-likeness (QED) is 0.327. The van der Waals surface area contributed by atoms with Gasteiger partial charge >= 0.3 is 0 Å². The minimum atomic E-state index is -0.853. The third-order valence-corrected chi connectivity index (χ3v) is 7.25. The van der Waals surface area contributed by atoms with E-state index in [4.69, 9.17) is 4.52 Å². The molecule has 0 amide bonds. The van der Waals surface area contributed by atoms with Crippen molar-refractivity contribution in [2.75, 3.05) is 6.61 Å². The van der Waals surface area contributed by atoms with Gasteiger partial charge in [0.1, 0.15) is 0 Å². The van der Waals surface area contributed by atoms with Crippen LogP contribution in [0.4, 0.5) is 0 Å². The number of hydrogen-bond donors (Lipinski definition) is 2. The summed E-state index contributed by atoms with van der Waals surface area (Å²) >= 11 is 0. The molecule has 1 saturated carbocycles. The number of hydrogen-bond acceptors (Lipinski definition) is 3. The van der Waals surface area contributed by atoms with Crippen LogP contribution in [0.3, 0.4) is 0 Å². The van der Waals surface area contributed by atoms with Gasteiger partial charge in [0.25, 0.3) is 0 Å². The monoisotopic (exact) mass is 665 g/mol. The van der Waals surface area contributed by atoms with Crippen molar-refractivity contribution < 1.29 is 113 Å². The molecule has 1 aliphatic carbocycles. The molecule has 2 aromatic carbocycles. The summed E-state index contributed by atoms with van der Waals surface area (Å²) in [6.07, 6.45) is 5.20. The van der Waals surface area contributed by atoms with Crippen molar-refractivity contribution in [3.8, 4) is 0 Å². The summed E-state index contributed by atoms with van der Waals surface area (Å²) in [6, 6.07) is 20.7. The first-order valence-electron chi connectivity index (χ1n) is 10.3. The van der Waals surface area contributed by atoms with Gasteiger partial charge in [-0.1, -0.05) is 80.1 Å².